The van der Waals surface area contributed by atoms with E-state index in [4.69, 9.17) is 4.74 Å². The second-order valence-electron chi connectivity index (χ2n) is 8.73. The minimum absolute atomic E-state index is 0.00451. The van der Waals surface area contributed by atoms with E-state index in [1.807, 2.05) is 61.5 Å². The molecule has 0 aromatic heterocycles. The number of hydrogen-bond acceptors (Lipinski definition) is 3. The molecule has 0 amide bonds. The van der Waals surface area contributed by atoms with E-state index in [2.05, 4.69) is 0 Å². The van der Waals surface area contributed by atoms with Gasteiger partial charge in [-0.1, -0.05) is 47.1 Å². The lowest BCUT2D eigenvalue weighted by Crippen LogP contribution is -2.54. The van der Waals surface area contributed by atoms with Gasteiger partial charge in [0.1, 0.15) is 11.7 Å². The lowest BCUT2D eigenvalue weighted by atomic mass is 9.63. The molecule has 1 fully saturated rings. The van der Waals surface area contributed by atoms with E-state index in [0.717, 1.165) is 5.57 Å². The van der Waals surface area contributed by atoms with Crippen molar-refractivity contribution in [3.05, 3.63) is 23.3 Å². The number of Topliss-reactive ketones (excluding diaryl/α,β-unsaturated/α-hetero) is 1. The summed E-state index contributed by atoms with van der Waals surface area (Å²) in [5.74, 6) is -0.00451. The molecular formula is C18H28O3. The van der Waals surface area contributed by atoms with E-state index in [0.29, 0.717) is 5.57 Å². The first-order chi connectivity index (χ1) is 9.26. The third-order valence-electron chi connectivity index (χ3n) is 4.52. The smallest absolute Gasteiger partial charge is 0.197 e. The molecule has 21 heavy (non-hydrogen) atoms. The first-order valence-corrected chi connectivity index (χ1v) is 7.60. The van der Waals surface area contributed by atoms with E-state index >= 15 is 0 Å². The Morgan fingerprint density at radius 1 is 1.24 bits per heavy atom. The van der Waals surface area contributed by atoms with Crippen LogP contribution in [0.2, 0.25) is 0 Å². The van der Waals surface area contributed by atoms with Crippen LogP contribution >= 0.6 is 0 Å². The van der Waals surface area contributed by atoms with Crippen LogP contribution in [0.25, 0.3) is 0 Å². The molecule has 3 nitrogen and oxygen atoms in total. The predicted molar refractivity (Wildman–Crippen MR) is 84.0 cm³/mol. The molecule has 1 saturated heterocycles. The first-order valence-electron chi connectivity index (χ1n) is 7.60. The number of carbonyl (C=O) groups excluding carboxylic acids is 1. The summed E-state index contributed by atoms with van der Waals surface area (Å²) in [7, 11) is 0. The molecule has 1 N–H and O–H groups in total. The van der Waals surface area contributed by atoms with Crippen LogP contribution in [0, 0.1) is 10.8 Å². The molecule has 1 aliphatic carbocycles. The van der Waals surface area contributed by atoms with Crippen LogP contribution in [0.1, 0.15) is 55.4 Å². The number of carbonyl (C=O) groups is 1. The SMILES string of the molecule is CC(C)=CC12OC1C(O)(C(C)(C)C)C=C(C(C)(C)C)C2=O. The Hall–Kier alpha value is -0.930. The van der Waals surface area contributed by atoms with Crippen LogP contribution in [0.4, 0.5) is 0 Å². The Labute approximate surface area is 128 Å². The summed E-state index contributed by atoms with van der Waals surface area (Å²) < 4.78 is 5.83. The van der Waals surface area contributed by atoms with Crippen molar-refractivity contribution in [2.45, 2.75) is 72.7 Å². The van der Waals surface area contributed by atoms with Gasteiger partial charge in [-0.05, 0) is 36.8 Å². The average Bonchev–Trinajstić information content (AvgIpc) is 2.96. The highest BCUT2D eigenvalue weighted by Crippen LogP contribution is 2.58. The predicted octanol–water partition coefficient (Wildman–Crippen LogP) is 3.42. The number of allylic oxidation sites excluding steroid dienone is 1. The highest BCUT2D eigenvalue weighted by Gasteiger charge is 2.74. The van der Waals surface area contributed by atoms with Crippen molar-refractivity contribution >= 4 is 5.78 Å². The number of rotatable bonds is 1. The van der Waals surface area contributed by atoms with Crippen LogP contribution < -0.4 is 0 Å². The topological polar surface area (TPSA) is 49.8 Å². The van der Waals surface area contributed by atoms with Gasteiger partial charge in [0.05, 0.1) is 0 Å². The standard InChI is InChI=1S/C18H28O3/c1-11(2)9-17-13(19)12(15(3,4)5)10-18(20,14(17)21-17)16(6,7)8/h9-10,14,20H,1-8H3. The summed E-state index contributed by atoms with van der Waals surface area (Å²) >= 11 is 0. The monoisotopic (exact) mass is 292 g/mol. The lowest BCUT2D eigenvalue weighted by Gasteiger charge is -2.42. The van der Waals surface area contributed by atoms with Crippen molar-refractivity contribution in [2.24, 2.45) is 10.8 Å². The molecule has 1 aliphatic heterocycles. The maximum absolute atomic E-state index is 12.9. The molecule has 1 heterocycles. The highest BCUT2D eigenvalue weighted by molar-refractivity contribution is 6.08. The van der Waals surface area contributed by atoms with Crippen LogP contribution in [0.5, 0.6) is 0 Å². The number of epoxide rings is 1. The highest BCUT2D eigenvalue weighted by atomic mass is 16.6. The van der Waals surface area contributed by atoms with Crippen molar-refractivity contribution in [2.75, 3.05) is 0 Å². The molecule has 2 aliphatic rings. The van der Waals surface area contributed by atoms with Gasteiger partial charge in [-0.3, -0.25) is 4.79 Å². The largest absolute Gasteiger partial charge is 0.382 e. The van der Waals surface area contributed by atoms with Crippen molar-refractivity contribution in [3.63, 3.8) is 0 Å². The van der Waals surface area contributed by atoms with E-state index in [1.165, 1.54) is 0 Å². The molecule has 0 saturated carbocycles. The minimum atomic E-state index is -1.14. The number of hydrogen-bond donors (Lipinski definition) is 1. The van der Waals surface area contributed by atoms with E-state index in [9.17, 15) is 9.90 Å². The summed E-state index contributed by atoms with van der Waals surface area (Å²) in [5.41, 5.74) is -1.17. The Bertz CT molecular complexity index is 538. The molecule has 0 spiro atoms. The van der Waals surface area contributed by atoms with Crippen molar-refractivity contribution in [3.8, 4) is 0 Å². The molecule has 118 valence electrons. The zero-order valence-electron chi connectivity index (χ0n) is 14.5. The molecule has 0 bridgehead atoms. The molecule has 0 aromatic rings. The average molecular weight is 292 g/mol. The molecule has 3 heteroatoms. The summed E-state index contributed by atoms with van der Waals surface area (Å²) in [5, 5.41) is 11.3. The summed E-state index contributed by atoms with van der Waals surface area (Å²) in [6.45, 7) is 15.8. The molecule has 3 atom stereocenters. The van der Waals surface area contributed by atoms with Crippen LogP contribution in [-0.2, 0) is 9.53 Å². The van der Waals surface area contributed by atoms with Gasteiger partial charge in [0.25, 0.3) is 0 Å². The Kier molecular flexibility index (Phi) is 3.36. The molecule has 3 unspecified atom stereocenters. The fraction of sp³-hybridized carbons (Fsp3) is 0.722. The fourth-order valence-electron chi connectivity index (χ4n) is 3.09. The van der Waals surface area contributed by atoms with Gasteiger partial charge in [-0.25, -0.2) is 0 Å². The Morgan fingerprint density at radius 2 is 1.76 bits per heavy atom. The third kappa shape index (κ3) is 2.31. The van der Waals surface area contributed by atoms with Crippen molar-refractivity contribution in [1.82, 2.24) is 0 Å². The van der Waals surface area contributed by atoms with E-state index < -0.39 is 22.7 Å². The van der Waals surface area contributed by atoms with Crippen molar-refractivity contribution in [1.29, 1.82) is 0 Å². The third-order valence-corrected chi connectivity index (χ3v) is 4.52. The second-order valence-corrected chi connectivity index (χ2v) is 8.73. The quantitative estimate of drug-likeness (QED) is 0.595. The van der Waals surface area contributed by atoms with Crippen molar-refractivity contribution < 1.29 is 14.6 Å². The Morgan fingerprint density at radius 3 is 2.14 bits per heavy atom. The number of ketones is 1. The molecule has 0 radical (unpaired) electrons. The van der Waals surface area contributed by atoms with E-state index in [-0.39, 0.29) is 11.2 Å². The fourth-order valence-corrected chi connectivity index (χ4v) is 3.09. The molecule has 0 aromatic carbocycles. The van der Waals surface area contributed by atoms with Gasteiger partial charge in [-0.2, -0.15) is 0 Å². The Balaban J connectivity index is 2.65. The van der Waals surface area contributed by atoms with Gasteiger partial charge in [-0.15, -0.1) is 0 Å². The zero-order valence-corrected chi connectivity index (χ0v) is 14.5. The summed E-state index contributed by atoms with van der Waals surface area (Å²) in [6.07, 6.45) is 3.14. The minimum Gasteiger partial charge on any atom is -0.382 e. The van der Waals surface area contributed by atoms with Crippen LogP contribution in [-0.4, -0.2) is 28.2 Å². The van der Waals surface area contributed by atoms with Gasteiger partial charge in [0.15, 0.2) is 11.4 Å². The van der Waals surface area contributed by atoms with Gasteiger partial charge in [0, 0.05) is 5.57 Å². The molecular weight excluding hydrogens is 264 g/mol. The van der Waals surface area contributed by atoms with Crippen LogP contribution in [0.15, 0.2) is 23.3 Å². The van der Waals surface area contributed by atoms with Gasteiger partial charge in [0.2, 0.25) is 0 Å². The maximum atomic E-state index is 12.9. The number of aliphatic hydroxyl groups is 1. The van der Waals surface area contributed by atoms with Gasteiger partial charge >= 0.3 is 0 Å². The summed E-state index contributed by atoms with van der Waals surface area (Å²) in [4.78, 5) is 12.9. The number of fused-ring (bicyclic) bond motifs is 1. The first kappa shape index (κ1) is 16.4. The van der Waals surface area contributed by atoms with Gasteiger partial charge < -0.3 is 9.84 Å². The lowest BCUT2D eigenvalue weighted by molar-refractivity contribution is -0.121. The normalized spacial score (nSPS) is 36.0. The zero-order chi connectivity index (χ0) is 16.4. The second kappa shape index (κ2) is 4.30. The maximum Gasteiger partial charge on any atom is 0.197 e. The van der Waals surface area contributed by atoms with E-state index in [1.54, 1.807) is 6.08 Å². The van der Waals surface area contributed by atoms with Crippen LogP contribution in [0.3, 0.4) is 0 Å². The molecule has 2 rings (SSSR count). The summed E-state index contributed by atoms with van der Waals surface area (Å²) in [6, 6.07) is 0. The number of ether oxygens (including phenoxy) is 1.